The lowest BCUT2D eigenvalue weighted by Crippen LogP contribution is -2.47. The van der Waals surface area contributed by atoms with Gasteiger partial charge in [0, 0.05) is 14.1 Å². The Morgan fingerprint density at radius 1 is 1.60 bits per heavy atom. The summed E-state index contributed by atoms with van der Waals surface area (Å²) in [4.78, 5) is 28.3. The Kier molecular flexibility index (Phi) is 3.56. The summed E-state index contributed by atoms with van der Waals surface area (Å²) in [6, 6.07) is 0. The van der Waals surface area contributed by atoms with E-state index in [1.54, 1.807) is 25.9 Å². The number of rotatable bonds is 4. The lowest BCUT2D eigenvalue weighted by Gasteiger charge is -2.38. The molecule has 20 heavy (non-hydrogen) atoms. The summed E-state index contributed by atoms with van der Waals surface area (Å²) in [6.07, 6.45) is 4.87. The van der Waals surface area contributed by atoms with Crippen LogP contribution in [0.25, 0.3) is 0 Å². The molecule has 1 aliphatic carbocycles. The molecule has 0 bridgehead atoms. The summed E-state index contributed by atoms with van der Waals surface area (Å²) in [7, 11) is 3.54. The SMILES string of the molecule is Cc1nn(C2(C(=O)N=CN(C)C)CCC2)cc1[N+](=O)[O-]. The maximum absolute atomic E-state index is 12.3. The third-order valence-corrected chi connectivity index (χ3v) is 3.49. The minimum Gasteiger partial charge on any atom is -0.369 e. The standard InChI is InChI=1S/C12H17N5O3/c1-9-10(17(19)20)7-16(14-9)12(5-4-6-12)11(18)13-8-15(2)3/h7-8H,4-6H2,1-3H3. The van der Waals surface area contributed by atoms with E-state index < -0.39 is 10.5 Å². The van der Waals surface area contributed by atoms with Gasteiger partial charge in [0.25, 0.3) is 5.91 Å². The average Bonchev–Trinajstić information content (AvgIpc) is 2.67. The monoisotopic (exact) mass is 279 g/mol. The van der Waals surface area contributed by atoms with E-state index in [1.165, 1.54) is 17.2 Å². The summed E-state index contributed by atoms with van der Waals surface area (Å²) >= 11 is 0. The number of hydrogen-bond acceptors (Lipinski definition) is 4. The molecule has 0 atom stereocenters. The molecular weight excluding hydrogens is 262 g/mol. The summed E-state index contributed by atoms with van der Waals surface area (Å²) in [5, 5.41) is 15.0. The third kappa shape index (κ3) is 2.28. The highest BCUT2D eigenvalue weighted by Gasteiger charge is 2.47. The molecule has 1 fully saturated rings. The molecule has 0 aromatic carbocycles. The zero-order valence-electron chi connectivity index (χ0n) is 11.7. The lowest BCUT2D eigenvalue weighted by atomic mass is 9.76. The number of aryl methyl sites for hydroxylation is 1. The molecule has 1 saturated carbocycles. The van der Waals surface area contributed by atoms with E-state index in [4.69, 9.17) is 0 Å². The number of aliphatic imine (C=N–C) groups is 1. The molecule has 0 N–H and O–H groups in total. The normalized spacial score (nSPS) is 16.9. The minimum atomic E-state index is -0.856. The van der Waals surface area contributed by atoms with Crippen LogP contribution >= 0.6 is 0 Å². The van der Waals surface area contributed by atoms with Crippen LogP contribution in [0.3, 0.4) is 0 Å². The molecule has 0 radical (unpaired) electrons. The van der Waals surface area contributed by atoms with Crippen LogP contribution in [0.2, 0.25) is 0 Å². The van der Waals surface area contributed by atoms with Crippen LogP contribution in [0.5, 0.6) is 0 Å². The second kappa shape index (κ2) is 5.03. The number of carbonyl (C=O) groups excluding carboxylic acids is 1. The van der Waals surface area contributed by atoms with Crippen molar-refractivity contribution in [3.63, 3.8) is 0 Å². The highest BCUT2D eigenvalue weighted by Crippen LogP contribution is 2.41. The Bertz CT molecular complexity index is 572. The first kappa shape index (κ1) is 14.2. The number of nitro groups is 1. The molecule has 1 aromatic heterocycles. The van der Waals surface area contributed by atoms with Crippen molar-refractivity contribution in [3.8, 4) is 0 Å². The van der Waals surface area contributed by atoms with Gasteiger partial charge in [-0.3, -0.25) is 14.9 Å². The average molecular weight is 279 g/mol. The van der Waals surface area contributed by atoms with Gasteiger partial charge in [-0.1, -0.05) is 0 Å². The Morgan fingerprint density at radius 3 is 2.65 bits per heavy atom. The van der Waals surface area contributed by atoms with Crippen molar-refractivity contribution in [1.82, 2.24) is 14.7 Å². The second-order valence-corrected chi connectivity index (χ2v) is 5.20. The van der Waals surface area contributed by atoms with Crippen molar-refractivity contribution in [2.75, 3.05) is 14.1 Å². The Labute approximate surface area is 116 Å². The quantitative estimate of drug-likeness (QED) is 0.356. The highest BCUT2D eigenvalue weighted by molar-refractivity contribution is 5.91. The first-order valence-corrected chi connectivity index (χ1v) is 6.33. The first-order chi connectivity index (χ1) is 9.36. The third-order valence-electron chi connectivity index (χ3n) is 3.49. The predicted molar refractivity (Wildman–Crippen MR) is 72.6 cm³/mol. The molecule has 1 aromatic rings. The summed E-state index contributed by atoms with van der Waals surface area (Å²) in [5.74, 6) is -0.310. The van der Waals surface area contributed by atoms with Gasteiger partial charge in [-0.2, -0.15) is 5.10 Å². The molecule has 0 spiro atoms. The van der Waals surface area contributed by atoms with E-state index in [9.17, 15) is 14.9 Å². The smallest absolute Gasteiger partial charge is 0.309 e. The molecule has 0 saturated heterocycles. The van der Waals surface area contributed by atoms with Crippen LogP contribution in [0.4, 0.5) is 5.69 Å². The van der Waals surface area contributed by atoms with Crippen molar-refractivity contribution in [2.45, 2.75) is 31.7 Å². The molecule has 0 aliphatic heterocycles. The number of amides is 1. The number of aromatic nitrogens is 2. The zero-order valence-corrected chi connectivity index (χ0v) is 11.7. The maximum atomic E-state index is 12.3. The molecule has 1 heterocycles. The van der Waals surface area contributed by atoms with E-state index in [-0.39, 0.29) is 11.6 Å². The zero-order chi connectivity index (χ0) is 14.9. The Morgan fingerprint density at radius 2 is 2.25 bits per heavy atom. The fourth-order valence-electron chi connectivity index (χ4n) is 2.19. The topological polar surface area (TPSA) is 93.6 Å². The van der Waals surface area contributed by atoms with E-state index in [2.05, 4.69) is 10.1 Å². The van der Waals surface area contributed by atoms with Crippen LogP contribution in [0.1, 0.15) is 25.0 Å². The molecule has 0 unspecified atom stereocenters. The van der Waals surface area contributed by atoms with Gasteiger partial charge < -0.3 is 4.90 Å². The minimum absolute atomic E-state index is 0.0688. The highest BCUT2D eigenvalue weighted by atomic mass is 16.6. The molecule has 2 rings (SSSR count). The summed E-state index contributed by atoms with van der Waals surface area (Å²) in [6.45, 7) is 1.56. The van der Waals surface area contributed by atoms with E-state index >= 15 is 0 Å². The van der Waals surface area contributed by atoms with Crippen molar-refractivity contribution in [1.29, 1.82) is 0 Å². The van der Waals surface area contributed by atoms with Gasteiger partial charge in [0.05, 0.1) is 11.3 Å². The van der Waals surface area contributed by atoms with Crippen LogP contribution in [0.15, 0.2) is 11.2 Å². The van der Waals surface area contributed by atoms with E-state index in [1.807, 2.05) is 0 Å². The van der Waals surface area contributed by atoms with Crippen molar-refractivity contribution < 1.29 is 9.72 Å². The van der Waals surface area contributed by atoms with Gasteiger partial charge in [-0.25, -0.2) is 9.67 Å². The summed E-state index contributed by atoms with van der Waals surface area (Å²) in [5.41, 5.74) is -0.614. The first-order valence-electron chi connectivity index (χ1n) is 6.33. The van der Waals surface area contributed by atoms with Crippen LogP contribution in [-0.4, -0.2) is 45.9 Å². The predicted octanol–water partition coefficient (Wildman–Crippen LogP) is 1.10. The second-order valence-electron chi connectivity index (χ2n) is 5.20. The van der Waals surface area contributed by atoms with Crippen LogP contribution in [0, 0.1) is 17.0 Å². The Hall–Kier alpha value is -2.25. The largest absolute Gasteiger partial charge is 0.369 e. The molecule has 8 nitrogen and oxygen atoms in total. The van der Waals surface area contributed by atoms with Crippen LogP contribution in [-0.2, 0) is 10.3 Å². The number of nitrogens with zero attached hydrogens (tertiary/aromatic N) is 5. The summed E-state index contributed by atoms with van der Waals surface area (Å²) < 4.78 is 1.42. The van der Waals surface area contributed by atoms with Gasteiger partial charge in [0.2, 0.25) is 0 Å². The van der Waals surface area contributed by atoms with Crippen molar-refractivity contribution >= 4 is 17.9 Å². The molecular formula is C12H17N5O3. The Balaban J connectivity index is 2.34. The maximum Gasteiger partial charge on any atom is 0.309 e. The number of hydrogen-bond donors (Lipinski definition) is 0. The molecule has 1 aliphatic rings. The number of carbonyl (C=O) groups is 1. The van der Waals surface area contributed by atoms with Gasteiger partial charge in [-0.15, -0.1) is 0 Å². The fraction of sp³-hybridized carbons (Fsp3) is 0.583. The fourth-order valence-corrected chi connectivity index (χ4v) is 2.19. The molecule has 108 valence electrons. The molecule has 1 amide bonds. The van der Waals surface area contributed by atoms with Crippen molar-refractivity contribution in [2.24, 2.45) is 4.99 Å². The van der Waals surface area contributed by atoms with Gasteiger partial charge in [-0.05, 0) is 26.2 Å². The van der Waals surface area contributed by atoms with E-state index in [0.29, 0.717) is 18.5 Å². The van der Waals surface area contributed by atoms with Crippen molar-refractivity contribution in [3.05, 3.63) is 22.0 Å². The van der Waals surface area contributed by atoms with Gasteiger partial charge in [0.15, 0.2) is 0 Å². The van der Waals surface area contributed by atoms with Crippen LogP contribution < -0.4 is 0 Å². The van der Waals surface area contributed by atoms with Gasteiger partial charge >= 0.3 is 5.69 Å². The molecule has 8 heteroatoms. The van der Waals surface area contributed by atoms with E-state index in [0.717, 1.165) is 6.42 Å². The van der Waals surface area contributed by atoms with Gasteiger partial charge in [0.1, 0.15) is 17.4 Å². The lowest BCUT2D eigenvalue weighted by molar-refractivity contribution is -0.385.